The highest BCUT2D eigenvalue weighted by molar-refractivity contribution is 5.90. The maximum atomic E-state index is 14.6. The second-order valence-corrected chi connectivity index (χ2v) is 8.79. The van der Waals surface area contributed by atoms with Crippen LogP contribution in [-0.2, 0) is 4.74 Å². The summed E-state index contributed by atoms with van der Waals surface area (Å²) in [7, 11) is 0. The number of ether oxygens (including phenoxy) is 1. The predicted molar refractivity (Wildman–Crippen MR) is 110 cm³/mol. The van der Waals surface area contributed by atoms with Gasteiger partial charge in [0.15, 0.2) is 0 Å². The van der Waals surface area contributed by atoms with Crippen LogP contribution in [0.5, 0.6) is 0 Å². The molecule has 10 heteroatoms. The van der Waals surface area contributed by atoms with Gasteiger partial charge in [0, 0.05) is 37.8 Å². The average molecular weight is 431 g/mol. The zero-order valence-corrected chi connectivity index (χ0v) is 17.9. The number of halogens is 1. The normalized spacial score (nSPS) is 16.9. The molecule has 2 heterocycles. The van der Waals surface area contributed by atoms with Crippen molar-refractivity contribution in [1.29, 1.82) is 0 Å². The molecule has 166 valence electrons. The van der Waals surface area contributed by atoms with Gasteiger partial charge < -0.3 is 24.4 Å². The van der Waals surface area contributed by atoms with Gasteiger partial charge in [-0.25, -0.2) is 9.18 Å². The highest BCUT2D eigenvalue weighted by Gasteiger charge is 2.28. The van der Waals surface area contributed by atoms with Crippen molar-refractivity contribution in [3.05, 3.63) is 29.9 Å². The average Bonchev–Trinajstić information content (AvgIpc) is 3.38. The minimum atomic E-state index is -0.562. The summed E-state index contributed by atoms with van der Waals surface area (Å²) in [4.78, 5) is 31.9. The molecule has 2 amide bonds. The monoisotopic (exact) mass is 431 g/mol. The van der Waals surface area contributed by atoms with E-state index in [0.29, 0.717) is 37.4 Å². The summed E-state index contributed by atoms with van der Waals surface area (Å²) in [5.41, 5.74) is 0.364. The molecule has 2 aliphatic rings. The van der Waals surface area contributed by atoms with E-state index in [1.165, 1.54) is 6.07 Å². The van der Waals surface area contributed by atoms with Gasteiger partial charge in [-0.15, -0.1) is 0 Å². The molecule has 0 unspecified atom stereocenters. The van der Waals surface area contributed by atoms with Gasteiger partial charge in [0.25, 0.3) is 0 Å². The Bertz CT molecular complexity index is 974. The maximum absolute atomic E-state index is 14.6. The molecule has 0 bridgehead atoms. The summed E-state index contributed by atoms with van der Waals surface area (Å²) in [6.45, 7) is 7.23. The first-order valence-electron chi connectivity index (χ1n) is 10.4. The maximum Gasteiger partial charge on any atom is 0.410 e. The fourth-order valence-electron chi connectivity index (χ4n) is 3.26. The number of piperazine rings is 1. The molecule has 1 aromatic carbocycles. The second-order valence-electron chi connectivity index (χ2n) is 8.79. The number of hydrogen-bond acceptors (Lipinski definition) is 7. The first-order chi connectivity index (χ1) is 14.7. The Morgan fingerprint density at radius 3 is 2.55 bits per heavy atom. The molecule has 1 aromatic heterocycles. The van der Waals surface area contributed by atoms with Crippen LogP contribution >= 0.6 is 0 Å². The molecule has 1 N–H and O–H groups in total. The third-order valence-electron chi connectivity index (χ3n) is 5.01. The molecular formula is C21H26FN5O4. The second kappa shape index (κ2) is 8.16. The van der Waals surface area contributed by atoms with Crippen LogP contribution in [0, 0.1) is 5.82 Å². The largest absolute Gasteiger partial charge is 0.444 e. The predicted octanol–water partition coefficient (Wildman–Crippen LogP) is 2.83. The molecule has 1 saturated carbocycles. The fourth-order valence-corrected chi connectivity index (χ4v) is 3.26. The minimum Gasteiger partial charge on any atom is -0.444 e. The number of hydrogen-bond donors (Lipinski definition) is 1. The van der Waals surface area contributed by atoms with Crippen LogP contribution in [0.4, 0.5) is 14.9 Å². The molecule has 31 heavy (non-hydrogen) atoms. The number of nitrogens with zero attached hydrogens (tertiary/aromatic N) is 4. The lowest BCUT2D eigenvalue weighted by atomic mass is 10.1. The lowest BCUT2D eigenvalue weighted by Crippen LogP contribution is -2.50. The molecule has 1 saturated heterocycles. The van der Waals surface area contributed by atoms with Crippen LogP contribution in [0.2, 0.25) is 0 Å². The first kappa shape index (κ1) is 21.1. The van der Waals surface area contributed by atoms with E-state index in [9.17, 15) is 14.0 Å². The van der Waals surface area contributed by atoms with Crippen molar-refractivity contribution >= 4 is 17.7 Å². The van der Waals surface area contributed by atoms with E-state index in [0.717, 1.165) is 12.8 Å². The van der Waals surface area contributed by atoms with Gasteiger partial charge in [-0.05, 0) is 51.8 Å². The van der Waals surface area contributed by atoms with Gasteiger partial charge in [0.2, 0.25) is 5.82 Å². The summed E-state index contributed by atoms with van der Waals surface area (Å²) in [5, 5.41) is 6.65. The van der Waals surface area contributed by atoms with Gasteiger partial charge in [0.05, 0.1) is 5.69 Å². The fraction of sp³-hybridized carbons (Fsp3) is 0.524. The van der Waals surface area contributed by atoms with E-state index in [2.05, 4.69) is 15.5 Å². The Morgan fingerprint density at radius 1 is 1.19 bits per heavy atom. The highest BCUT2D eigenvalue weighted by Crippen LogP contribution is 2.27. The minimum absolute atomic E-state index is 0.112. The van der Waals surface area contributed by atoms with Gasteiger partial charge >= 0.3 is 17.9 Å². The Morgan fingerprint density at radius 2 is 1.90 bits per heavy atom. The van der Waals surface area contributed by atoms with E-state index >= 15 is 0 Å². The van der Waals surface area contributed by atoms with Crippen LogP contribution in [0.1, 0.15) is 44.3 Å². The van der Waals surface area contributed by atoms with E-state index in [1.54, 1.807) is 17.0 Å². The van der Waals surface area contributed by atoms with Crippen molar-refractivity contribution in [1.82, 2.24) is 20.4 Å². The van der Waals surface area contributed by atoms with Crippen molar-refractivity contribution in [3.63, 3.8) is 0 Å². The molecule has 2 aromatic rings. The lowest BCUT2D eigenvalue weighted by molar-refractivity contribution is 0.0240. The summed E-state index contributed by atoms with van der Waals surface area (Å²) in [6.07, 6.45) is 1.54. The zero-order valence-electron chi connectivity index (χ0n) is 17.9. The summed E-state index contributed by atoms with van der Waals surface area (Å²) < 4.78 is 25.0. The topological polar surface area (TPSA) is 101 Å². The van der Waals surface area contributed by atoms with E-state index in [4.69, 9.17) is 9.26 Å². The molecule has 2 fully saturated rings. The number of rotatable bonds is 4. The lowest BCUT2D eigenvalue weighted by Gasteiger charge is -2.36. The summed E-state index contributed by atoms with van der Waals surface area (Å²) in [6, 6.07) is 4.69. The van der Waals surface area contributed by atoms with E-state index in [-0.39, 0.29) is 29.7 Å². The Labute approximate surface area is 179 Å². The number of amides is 2. The molecular weight excluding hydrogens is 405 g/mol. The van der Waals surface area contributed by atoms with Crippen LogP contribution in [0.15, 0.2) is 22.7 Å². The molecule has 0 radical (unpaired) electrons. The van der Waals surface area contributed by atoms with E-state index < -0.39 is 11.5 Å². The molecule has 1 aliphatic heterocycles. The summed E-state index contributed by atoms with van der Waals surface area (Å²) in [5.74, 6) is -0.681. The van der Waals surface area contributed by atoms with Crippen LogP contribution < -0.4 is 10.2 Å². The quantitative estimate of drug-likeness (QED) is 0.794. The first-order valence-corrected chi connectivity index (χ1v) is 10.4. The number of carbonyl (C=O) groups excluding carboxylic acids is 2. The van der Waals surface area contributed by atoms with Crippen LogP contribution in [0.3, 0.4) is 0 Å². The van der Waals surface area contributed by atoms with E-state index in [1.807, 2.05) is 25.7 Å². The standard InChI is InChI=1S/C21H26FN5O4/c1-21(2,3)30-20(29)27-10-8-26(9-11-27)16-12-13(4-7-15(16)22)17-24-19(31-25-17)18(28)23-14-5-6-14/h4,7,12,14H,5-6,8-11H2,1-3H3,(H,23,28). The summed E-state index contributed by atoms with van der Waals surface area (Å²) >= 11 is 0. The molecule has 0 spiro atoms. The van der Waals surface area contributed by atoms with Crippen LogP contribution in [-0.4, -0.2) is 64.9 Å². The molecule has 9 nitrogen and oxygen atoms in total. The third-order valence-corrected chi connectivity index (χ3v) is 5.01. The van der Waals surface area contributed by atoms with Gasteiger partial charge in [0.1, 0.15) is 11.4 Å². The molecule has 1 aliphatic carbocycles. The molecule has 4 rings (SSSR count). The van der Waals surface area contributed by atoms with Gasteiger partial charge in [-0.2, -0.15) is 4.98 Å². The number of nitrogens with one attached hydrogen (secondary N) is 1. The van der Waals surface area contributed by atoms with Crippen molar-refractivity contribution in [2.45, 2.75) is 45.3 Å². The number of aromatic nitrogens is 2. The van der Waals surface area contributed by atoms with Gasteiger partial charge in [-0.3, -0.25) is 4.79 Å². The van der Waals surface area contributed by atoms with Crippen molar-refractivity contribution in [2.24, 2.45) is 0 Å². The number of anilines is 1. The smallest absolute Gasteiger partial charge is 0.410 e. The van der Waals surface area contributed by atoms with Crippen molar-refractivity contribution in [3.8, 4) is 11.4 Å². The number of carbonyl (C=O) groups is 2. The third kappa shape index (κ3) is 5.12. The zero-order chi connectivity index (χ0) is 22.2. The SMILES string of the molecule is CC(C)(C)OC(=O)N1CCN(c2cc(-c3noc(C(=O)NC4CC4)n3)ccc2F)CC1. The van der Waals surface area contributed by atoms with Crippen molar-refractivity contribution in [2.75, 3.05) is 31.1 Å². The number of benzene rings is 1. The Kier molecular flexibility index (Phi) is 5.55. The van der Waals surface area contributed by atoms with Crippen molar-refractivity contribution < 1.29 is 23.2 Å². The highest BCUT2D eigenvalue weighted by atomic mass is 19.1. The van der Waals surface area contributed by atoms with Crippen LogP contribution in [0.25, 0.3) is 11.4 Å². The Balaban J connectivity index is 1.43. The Hall–Kier alpha value is -3.17. The molecule has 0 atom stereocenters. The van der Waals surface area contributed by atoms with Gasteiger partial charge in [-0.1, -0.05) is 5.16 Å².